The number of carbonyl (C=O) groups is 3. The third-order valence-corrected chi connectivity index (χ3v) is 6.52. The first-order valence-electron chi connectivity index (χ1n) is 9.37. The number of halogens is 2. The Balaban J connectivity index is 1.73. The monoisotopic (exact) mass is 566 g/mol. The van der Waals surface area contributed by atoms with Crippen molar-refractivity contribution in [3.63, 3.8) is 0 Å². The van der Waals surface area contributed by atoms with E-state index < -0.39 is 17.1 Å². The summed E-state index contributed by atoms with van der Waals surface area (Å²) in [6.45, 7) is 3.82. The van der Waals surface area contributed by atoms with Crippen LogP contribution in [-0.2, 0) is 9.59 Å². The highest BCUT2D eigenvalue weighted by Crippen LogP contribution is 2.38. The van der Waals surface area contributed by atoms with Crippen LogP contribution >= 0.6 is 43.6 Å². The Bertz CT molecular complexity index is 1070. The van der Waals surface area contributed by atoms with Gasteiger partial charge in [0, 0.05) is 15.7 Å². The molecule has 0 unspecified atom stereocenters. The van der Waals surface area contributed by atoms with Crippen LogP contribution in [0.4, 0.5) is 10.5 Å². The van der Waals surface area contributed by atoms with Crippen LogP contribution in [0.5, 0.6) is 5.75 Å². The molecule has 1 aliphatic rings. The molecule has 1 aliphatic heterocycles. The molecule has 1 heterocycles. The lowest BCUT2D eigenvalue weighted by molar-refractivity contribution is -0.127. The molecule has 31 heavy (non-hydrogen) atoms. The third-order valence-electron chi connectivity index (χ3n) is 4.56. The van der Waals surface area contributed by atoms with E-state index >= 15 is 0 Å². The van der Waals surface area contributed by atoms with E-state index in [1.54, 1.807) is 24.3 Å². The van der Waals surface area contributed by atoms with Gasteiger partial charge in [0.15, 0.2) is 0 Å². The van der Waals surface area contributed by atoms with Crippen LogP contribution < -0.4 is 10.1 Å². The molecule has 1 N–H and O–H groups in total. The number of carbonyl (C=O) groups excluding carboxylic acids is 3. The van der Waals surface area contributed by atoms with Crippen LogP contribution in [0.15, 0.2) is 50.2 Å². The molecule has 0 atom stereocenters. The fraction of sp³-hybridized carbons (Fsp3) is 0.227. The summed E-state index contributed by atoms with van der Waals surface area (Å²) in [7, 11) is 1.52. The first kappa shape index (κ1) is 23.6. The number of thioether (sulfide) groups is 1. The fourth-order valence-corrected chi connectivity index (χ4v) is 5.23. The van der Waals surface area contributed by atoms with Crippen molar-refractivity contribution in [2.24, 2.45) is 0 Å². The molecule has 162 valence electrons. The van der Waals surface area contributed by atoms with Gasteiger partial charge in [-0.05, 0) is 69.5 Å². The molecule has 0 radical (unpaired) electrons. The Labute approximate surface area is 201 Å². The minimum atomic E-state index is -0.515. The molecule has 3 amide bonds. The van der Waals surface area contributed by atoms with E-state index in [1.165, 1.54) is 7.11 Å². The lowest BCUT2D eigenvalue weighted by Gasteiger charge is -2.13. The number of imide groups is 1. The Hall–Kier alpha value is -2.10. The van der Waals surface area contributed by atoms with Crippen molar-refractivity contribution in [1.82, 2.24) is 4.90 Å². The van der Waals surface area contributed by atoms with Gasteiger partial charge in [0.1, 0.15) is 12.3 Å². The van der Waals surface area contributed by atoms with E-state index in [1.807, 2.05) is 18.2 Å². The standard InChI is InChI=1S/C22H20Br2N2O4S/c1-12(2)13-4-6-16(7-5-13)25-19(27)11-26-21(28)18(31-22(26)29)9-14-8-15(23)10-17(24)20(14)30-3/h4-10,12H,11H2,1-3H3,(H,25,27)/b18-9+. The molecule has 0 aliphatic carbocycles. The predicted octanol–water partition coefficient (Wildman–Crippen LogP) is 6.02. The SMILES string of the molecule is COc1c(Br)cc(Br)cc1/C=C1/SC(=O)N(CC(=O)Nc2ccc(C(C)C)cc2)C1=O. The highest BCUT2D eigenvalue weighted by Gasteiger charge is 2.36. The molecule has 0 aromatic heterocycles. The summed E-state index contributed by atoms with van der Waals surface area (Å²) in [5.74, 6) is -0.0315. The van der Waals surface area contributed by atoms with Crippen LogP contribution in [0, 0.1) is 0 Å². The molecule has 0 spiro atoms. The van der Waals surface area contributed by atoms with Gasteiger partial charge < -0.3 is 10.1 Å². The Kier molecular flexibility index (Phi) is 7.61. The Morgan fingerprint density at radius 2 is 1.87 bits per heavy atom. The van der Waals surface area contributed by atoms with Crippen LogP contribution in [0.1, 0.15) is 30.9 Å². The number of ether oxygens (including phenoxy) is 1. The smallest absolute Gasteiger partial charge is 0.294 e. The summed E-state index contributed by atoms with van der Waals surface area (Å²) >= 11 is 7.61. The molecule has 0 bridgehead atoms. The van der Waals surface area contributed by atoms with Gasteiger partial charge in [-0.2, -0.15) is 0 Å². The lowest BCUT2D eigenvalue weighted by atomic mass is 10.0. The number of hydrogen-bond donors (Lipinski definition) is 1. The second-order valence-electron chi connectivity index (χ2n) is 7.10. The average molecular weight is 568 g/mol. The van der Waals surface area contributed by atoms with E-state index in [0.29, 0.717) is 27.4 Å². The third kappa shape index (κ3) is 5.58. The van der Waals surface area contributed by atoms with Crippen LogP contribution in [-0.4, -0.2) is 35.6 Å². The summed E-state index contributed by atoms with van der Waals surface area (Å²) in [5.41, 5.74) is 2.40. The molecule has 2 aromatic rings. The molecular formula is C22H20Br2N2O4S. The Morgan fingerprint density at radius 3 is 2.48 bits per heavy atom. The first-order chi connectivity index (χ1) is 14.7. The molecule has 3 rings (SSSR count). The van der Waals surface area contributed by atoms with Gasteiger partial charge in [-0.1, -0.05) is 41.9 Å². The summed E-state index contributed by atoms with van der Waals surface area (Å²) in [5, 5.41) is 2.24. The zero-order chi connectivity index (χ0) is 22.7. The van der Waals surface area contributed by atoms with Gasteiger partial charge in [-0.3, -0.25) is 19.3 Å². The van der Waals surface area contributed by atoms with Crippen LogP contribution in [0.25, 0.3) is 6.08 Å². The number of methoxy groups -OCH3 is 1. The summed E-state index contributed by atoms with van der Waals surface area (Å²) in [6, 6.07) is 11.1. The summed E-state index contributed by atoms with van der Waals surface area (Å²) < 4.78 is 6.88. The van der Waals surface area contributed by atoms with Gasteiger partial charge in [-0.25, -0.2) is 0 Å². The Morgan fingerprint density at radius 1 is 1.19 bits per heavy atom. The van der Waals surface area contributed by atoms with Crippen molar-refractivity contribution in [1.29, 1.82) is 0 Å². The highest BCUT2D eigenvalue weighted by atomic mass is 79.9. The number of benzene rings is 2. The van der Waals surface area contributed by atoms with E-state index in [9.17, 15) is 14.4 Å². The predicted molar refractivity (Wildman–Crippen MR) is 130 cm³/mol. The van der Waals surface area contributed by atoms with Crippen molar-refractivity contribution in [2.45, 2.75) is 19.8 Å². The quantitative estimate of drug-likeness (QED) is 0.432. The molecule has 2 aromatic carbocycles. The largest absolute Gasteiger partial charge is 0.495 e. The number of amides is 3. The second kappa shape index (κ2) is 10.0. The number of hydrogen-bond acceptors (Lipinski definition) is 5. The van der Waals surface area contributed by atoms with E-state index in [4.69, 9.17) is 4.74 Å². The van der Waals surface area contributed by atoms with Gasteiger partial charge >= 0.3 is 0 Å². The number of rotatable bonds is 6. The molecular weight excluding hydrogens is 548 g/mol. The lowest BCUT2D eigenvalue weighted by Crippen LogP contribution is -2.36. The van der Waals surface area contributed by atoms with Crippen molar-refractivity contribution >= 4 is 72.4 Å². The van der Waals surface area contributed by atoms with Crippen LogP contribution in [0.2, 0.25) is 0 Å². The topological polar surface area (TPSA) is 75.7 Å². The van der Waals surface area contributed by atoms with E-state index in [0.717, 1.165) is 26.7 Å². The minimum absolute atomic E-state index is 0.224. The van der Waals surface area contributed by atoms with Gasteiger partial charge in [0.2, 0.25) is 5.91 Å². The number of nitrogens with one attached hydrogen (secondary N) is 1. The fourth-order valence-electron chi connectivity index (χ4n) is 2.98. The van der Waals surface area contributed by atoms with E-state index in [-0.39, 0.29) is 11.4 Å². The van der Waals surface area contributed by atoms with Crippen molar-refractivity contribution in [3.05, 3.63) is 61.4 Å². The summed E-state index contributed by atoms with van der Waals surface area (Å²) in [4.78, 5) is 38.7. The van der Waals surface area contributed by atoms with Crippen molar-refractivity contribution in [3.8, 4) is 5.75 Å². The van der Waals surface area contributed by atoms with Crippen LogP contribution in [0.3, 0.4) is 0 Å². The van der Waals surface area contributed by atoms with Gasteiger partial charge in [0.05, 0.1) is 16.5 Å². The maximum Gasteiger partial charge on any atom is 0.294 e. The summed E-state index contributed by atoms with van der Waals surface area (Å²) in [6.07, 6.45) is 1.59. The average Bonchev–Trinajstić information content (AvgIpc) is 2.95. The van der Waals surface area contributed by atoms with E-state index in [2.05, 4.69) is 51.0 Å². The molecule has 0 saturated carbocycles. The van der Waals surface area contributed by atoms with Crippen molar-refractivity contribution < 1.29 is 19.1 Å². The molecule has 9 heteroatoms. The highest BCUT2D eigenvalue weighted by molar-refractivity contribution is 9.11. The normalized spacial score (nSPS) is 15.2. The minimum Gasteiger partial charge on any atom is -0.495 e. The molecule has 1 saturated heterocycles. The first-order valence-corrected chi connectivity index (χ1v) is 11.8. The second-order valence-corrected chi connectivity index (χ2v) is 9.87. The van der Waals surface area contributed by atoms with Gasteiger partial charge in [-0.15, -0.1) is 0 Å². The van der Waals surface area contributed by atoms with Crippen molar-refractivity contribution in [2.75, 3.05) is 19.0 Å². The van der Waals surface area contributed by atoms with Gasteiger partial charge in [0.25, 0.3) is 11.1 Å². The number of nitrogens with zero attached hydrogens (tertiary/aromatic N) is 1. The number of anilines is 1. The zero-order valence-corrected chi connectivity index (χ0v) is 21.1. The maximum atomic E-state index is 12.8. The molecule has 1 fully saturated rings. The maximum absolute atomic E-state index is 12.8. The molecule has 6 nitrogen and oxygen atoms in total. The zero-order valence-electron chi connectivity index (χ0n) is 17.1.